The van der Waals surface area contributed by atoms with Gasteiger partial charge >= 0.3 is 0 Å². The standard InChI is InChI=1S/C26H14FNO/c27-17-12-9-16(10-13-17)22-21-14-11-15-5-1-2-6-18(15)24(21)28-25-19-7-3-4-8-20(19)26(29)23(22)25/h1-14H. The lowest BCUT2D eigenvalue weighted by Crippen LogP contribution is -2.01. The van der Waals surface area contributed by atoms with Gasteiger partial charge in [0.1, 0.15) is 5.82 Å². The number of benzene rings is 4. The third-order valence-corrected chi connectivity index (χ3v) is 5.67. The number of carbonyl (C=O) groups excluding carboxylic acids is 1. The van der Waals surface area contributed by atoms with E-state index in [-0.39, 0.29) is 11.6 Å². The first-order valence-electron chi connectivity index (χ1n) is 9.48. The molecule has 1 heterocycles. The normalized spacial score (nSPS) is 12.4. The Kier molecular flexibility index (Phi) is 3.24. The largest absolute Gasteiger partial charge is 0.288 e. The first-order valence-corrected chi connectivity index (χ1v) is 9.48. The quantitative estimate of drug-likeness (QED) is 0.311. The summed E-state index contributed by atoms with van der Waals surface area (Å²) in [6, 6.07) is 26.1. The van der Waals surface area contributed by atoms with E-state index in [1.807, 2.05) is 54.6 Å². The molecule has 29 heavy (non-hydrogen) atoms. The highest BCUT2D eigenvalue weighted by Crippen LogP contribution is 2.44. The summed E-state index contributed by atoms with van der Waals surface area (Å²) in [7, 11) is 0. The molecular formula is C26H14FNO. The Hall–Kier alpha value is -3.85. The molecule has 0 spiro atoms. The van der Waals surface area contributed by atoms with Crippen LogP contribution < -0.4 is 0 Å². The van der Waals surface area contributed by atoms with E-state index in [0.717, 1.165) is 38.4 Å². The molecular weight excluding hydrogens is 361 g/mol. The number of aromatic nitrogens is 1. The summed E-state index contributed by atoms with van der Waals surface area (Å²) in [4.78, 5) is 18.3. The van der Waals surface area contributed by atoms with Gasteiger partial charge in [-0.3, -0.25) is 4.79 Å². The Labute approximate surface area is 166 Å². The number of fused-ring (bicyclic) bond motifs is 6. The van der Waals surface area contributed by atoms with Gasteiger partial charge in [0.15, 0.2) is 5.78 Å². The summed E-state index contributed by atoms with van der Waals surface area (Å²) in [5, 5.41) is 3.03. The zero-order chi connectivity index (χ0) is 19.5. The Bertz CT molecular complexity index is 1470. The molecule has 136 valence electrons. The van der Waals surface area contributed by atoms with Crippen LogP contribution in [0.3, 0.4) is 0 Å². The molecule has 5 aromatic rings. The average Bonchev–Trinajstić information content (AvgIpc) is 3.05. The molecule has 6 rings (SSSR count). The smallest absolute Gasteiger partial charge is 0.196 e. The number of ketones is 1. The van der Waals surface area contributed by atoms with Gasteiger partial charge in [0.2, 0.25) is 0 Å². The number of rotatable bonds is 1. The van der Waals surface area contributed by atoms with Gasteiger partial charge in [-0.15, -0.1) is 0 Å². The molecule has 2 nitrogen and oxygen atoms in total. The second-order valence-electron chi connectivity index (χ2n) is 7.27. The molecule has 0 fully saturated rings. The van der Waals surface area contributed by atoms with Gasteiger partial charge in [-0.05, 0) is 23.1 Å². The molecule has 0 aliphatic heterocycles. The fourth-order valence-corrected chi connectivity index (χ4v) is 4.35. The van der Waals surface area contributed by atoms with Crippen LogP contribution in [0.5, 0.6) is 0 Å². The van der Waals surface area contributed by atoms with E-state index in [2.05, 4.69) is 6.07 Å². The van der Waals surface area contributed by atoms with Crippen molar-refractivity contribution < 1.29 is 9.18 Å². The van der Waals surface area contributed by atoms with Crippen LogP contribution in [0.1, 0.15) is 15.9 Å². The van der Waals surface area contributed by atoms with E-state index in [9.17, 15) is 9.18 Å². The lowest BCUT2D eigenvalue weighted by Gasteiger charge is -2.14. The molecule has 3 heteroatoms. The number of nitrogens with zero attached hydrogens (tertiary/aromatic N) is 1. The van der Waals surface area contributed by atoms with E-state index >= 15 is 0 Å². The fourth-order valence-electron chi connectivity index (χ4n) is 4.35. The van der Waals surface area contributed by atoms with Crippen molar-refractivity contribution in [2.24, 2.45) is 0 Å². The van der Waals surface area contributed by atoms with Crippen molar-refractivity contribution in [3.05, 3.63) is 102 Å². The highest BCUT2D eigenvalue weighted by molar-refractivity contribution is 6.28. The average molecular weight is 375 g/mol. The number of halogens is 1. The van der Waals surface area contributed by atoms with Crippen LogP contribution in [-0.4, -0.2) is 10.8 Å². The summed E-state index contributed by atoms with van der Waals surface area (Å²) in [5.74, 6) is -0.332. The summed E-state index contributed by atoms with van der Waals surface area (Å²) in [5.41, 5.74) is 5.30. The van der Waals surface area contributed by atoms with E-state index in [1.165, 1.54) is 12.1 Å². The predicted octanol–water partition coefficient (Wildman–Crippen LogP) is 6.41. The maximum atomic E-state index is 13.6. The monoisotopic (exact) mass is 375 g/mol. The first kappa shape index (κ1) is 16.1. The molecule has 0 amide bonds. The van der Waals surface area contributed by atoms with Crippen LogP contribution in [0.2, 0.25) is 0 Å². The fraction of sp³-hybridized carbons (Fsp3) is 0. The van der Waals surface area contributed by atoms with Gasteiger partial charge in [-0.25, -0.2) is 9.37 Å². The number of pyridine rings is 1. The van der Waals surface area contributed by atoms with Crippen molar-refractivity contribution >= 4 is 27.5 Å². The third-order valence-electron chi connectivity index (χ3n) is 5.67. The molecule has 0 unspecified atom stereocenters. The molecule has 1 aromatic heterocycles. The minimum Gasteiger partial charge on any atom is -0.288 e. The predicted molar refractivity (Wildman–Crippen MR) is 114 cm³/mol. The number of hydrogen-bond donors (Lipinski definition) is 0. The maximum absolute atomic E-state index is 13.6. The van der Waals surface area contributed by atoms with Crippen LogP contribution in [0.4, 0.5) is 4.39 Å². The summed E-state index contributed by atoms with van der Waals surface area (Å²) >= 11 is 0. The van der Waals surface area contributed by atoms with E-state index in [1.54, 1.807) is 12.1 Å². The summed E-state index contributed by atoms with van der Waals surface area (Å²) in [6.07, 6.45) is 0. The van der Waals surface area contributed by atoms with Crippen LogP contribution in [0.15, 0.2) is 84.9 Å². The number of hydrogen-bond acceptors (Lipinski definition) is 2. The molecule has 0 saturated carbocycles. The van der Waals surface area contributed by atoms with E-state index < -0.39 is 0 Å². The molecule has 0 N–H and O–H groups in total. The van der Waals surface area contributed by atoms with Gasteiger partial charge in [-0.1, -0.05) is 72.8 Å². The van der Waals surface area contributed by atoms with Gasteiger partial charge in [0.05, 0.1) is 16.8 Å². The lowest BCUT2D eigenvalue weighted by molar-refractivity contribution is 0.104. The van der Waals surface area contributed by atoms with Crippen LogP contribution >= 0.6 is 0 Å². The Morgan fingerprint density at radius 2 is 1.38 bits per heavy atom. The van der Waals surface area contributed by atoms with Crippen molar-refractivity contribution in [1.82, 2.24) is 4.98 Å². The van der Waals surface area contributed by atoms with Crippen LogP contribution in [0, 0.1) is 5.82 Å². The molecule has 1 aliphatic carbocycles. The SMILES string of the molecule is O=C1c2ccccc2-c2nc3c(ccc4ccccc43)c(-c3ccc(F)cc3)c21. The van der Waals surface area contributed by atoms with E-state index in [0.29, 0.717) is 16.8 Å². The first-order chi connectivity index (χ1) is 14.2. The molecule has 0 radical (unpaired) electrons. The topological polar surface area (TPSA) is 30.0 Å². The van der Waals surface area contributed by atoms with Gasteiger partial charge in [-0.2, -0.15) is 0 Å². The van der Waals surface area contributed by atoms with Crippen molar-refractivity contribution in [2.45, 2.75) is 0 Å². The Morgan fingerprint density at radius 1 is 0.655 bits per heavy atom. The highest BCUT2D eigenvalue weighted by Gasteiger charge is 2.32. The minimum atomic E-state index is -0.302. The van der Waals surface area contributed by atoms with Crippen molar-refractivity contribution in [1.29, 1.82) is 0 Å². The summed E-state index contributed by atoms with van der Waals surface area (Å²) < 4.78 is 13.6. The van der Waals surface area contributed by atoms with Gasteiger partial charge in [0, 0.05) is 27.5 Å². The van der Waals surface area contributed by atoms with Gasteiger partial charge in [0.25, 0.3) is 0 Å². The highest BCUT2D eigenvalue weighted by atomic mass is 19.1. The van der Waals surface area contributed by atoms with Crippen LogP contribution in [0.25, 0.3) is 44.1 Å². The van der Waals surface area contributed by atoms with Crippen molar-refractivity contribution in [3.63, 3.8) is 0 Å². The van der Waals surface area contributed by atoms with E-state index in [4.69, 9.17) is 4.98 Å². The minimum absolute atomic E-state index is 0.0301. The Morgan fingerprint density at radius 3 is 2.21 bits per heavy atom. The zero-order valence-corrected chi connectivity index (χ0v) is 15.3. The Balaban J connectivity index is 1.83. The molecule has 0 bridgehead atoms. The van der Waals surface area contributed by atoms with Gasteiger partial charge < -0.3 is 0 Å². The second-order valence-corrected chi connectivity index (χ2v) is 7.27. The zero-order valence-electron chi connectivity index (χ0n) is 15.3. The number of carbonyl (C=O) groups is 1. The van der Waals surface area contributed by atoms with Crippen molar-refractivity contribution in [3.8, 4) is 22.4 Å². The summed E-state index contributed by atoms with van der Waals surface area (Å²) in [6.45, 7) is 0. The maximum Gasteiger partial charge on any atom is 0.196 e. The van der Waals surface area contributed by atoms with Crippen molar-refractivity contribution in [2.75, 3.05) is 0 Å². The molecule has 4 aromatic carbocycles. The molecule has 0 saturated heterocycles. The second kappa shape index (κ2) is 5.82. The lowest BCUT2D eigenvalue weighted by atomic mass is 9.92. The third kappa shape index (κ3) is 2.21. The molecule has 1 aliphatic rings. The van der Waals surface area contributed by atoms with Crippen LogP contribution in [-0.2, 0) is 0 Å². The molecule has 0 atom stereocenters.